The Morgan fingerprint density at radius 2 is 1.79 bits per heavy atom. The fraction of sp³-hybridized carbons (Fsp3) is 0.824. The lowest BCUT2D eigenvalue weighted by atomic mass is 9.94. The maximum absolute atomic E-state index is 11.3. The summed E-state index contributed by atoms with van der Waals surface area (Å²) in [5.41, 5.74) is 0.360. The van der Waals surface area contributed by atoms with Crippen molar-refractivity contribution in [3.05, 3.63) is 12.2 Å². The molecule has 3 fully saturated rings. The Morgan fingerprint density at radius 3 is 2.42 bits per heavy atom. The summed E-state index contributed by atoms with van der Waals surface area (Å²) in [6, 6.07) is 0. The molecule has 0 amide bonds. The second kappa shape index (κ2) is 7.49. The van der Waals surface area contributed by atoms with E-state index in [2.05, 4.69) is 6.58 Å². The van der Waals surface area contributed by atoms with Crippen LogP contribution in [0, 0.1) is 0 Å². The lowest BCUT2D eigenvalue weighted by Crippen LogP contribution is -2.38. The molecule has 1 saturated carbocycles. The highest BCUT2D eigenvalue weighted by Gasteiger charge is 2.59. The minimum absolute atomic E-state index is 0.132. The fourth-order valence-electron chi connectivity index (χ4n) is 3.44. The van der Waals surface area contributed by atoms with Crippen molar-refractivity contribution in [2.75, 3.05) is 20.3 Å². The molecule has 2 heterocycles. The molecule has 0 bridgehead atoms. The first-order valence-corrected chi connectivity index (χ1v) is 8.53. The van der Waals surface area contributed by atoms with E-state index in [-0.39, 0.29) is 25.4 Å². The van der Waals surface area contributed by atoms with Gasteiger partial charge in [0.05, 0.1) is 6.61 Å². The summed E-state index contributed by atoms with van der Waals surface area (Å²) in [6.07, 6.45) is 3.45. The summed E-state index contributed by atoms with van der Waals surface area (Å²) in [5.74, 6) is -0.956. The molecule has 0 aromatic heterocycles. The monoisotopic (exact) mass is 342 g/mol. The van der Waals surface area contributed by atoms with Gasteiger partial charge in [-0.15, -0.1) is 0 Å². The predicted octanol–water partition coefficient (Wildman–Crippen LogP) is 1.90. The third-order valence-electron chi connectivity index (χ3n) is 4.62. The fourth-order valence-corrected chi connectivity index (χ4v) is 3.44. The quantitative estimate of drug-likeness (QED) is 0.415. The Kier molecular flexibility index (Phi) is 5.56. The van der Waals surface area contributed by atoms with E-state index in [1.54, 1.807) is 14.0 Å². The normalized spacial score (nSPS) is 34.2. The molecule has 0 aromatic carbocycles. The lowest BCUT2D eigenvalue weighted by Gasteiger charge is -2.33. The molecular formula is C17H26O7. The van der Waals surface area contributed by atoms with E-state index in [9.17, 15) is 4.79 Å². The molecule has 1 spiro atoms. The highest BCUT2D eigenvalue weighted by Crippen LogP contribution is 2.46. The minimum Gasteiger partial charge on any atom is -0.460 e. The first kappa shape index (κ1) is 17.8. The molecule has 0 N–H and O–H groups in total. The molecule has 0 aromatic rings. The van der Waals surface area contributed by atoms with Gasteiger partial charge in [-0.25, -0.2) is 4.79 Å². The zero-order valence-corrected chi connectivity index (χ0v) is 14.3. The summed E-state index contributed by atoms with van der Waals surface area (Å²) >= 11 is 0. The molecule has 2 aliphatic heterocycles. The number of ether oxygens (including phenoxy) is 6. The number of rotatable bonds is 6. The second-order valence-electron chi connectivity index (χ2n) is 6.53. The van der Waals surface area contributed by atoms with Gasteiger partial charge in [0.25, 0.3) is 0 Å². The van der Waals surface area contributed by atoms with Gasteiger partial charge in [0.1, 0.15) is 18.8 Å². The number of carbonyl (C=O) groups excluding carboxylic acids is 1. The summed E-state index contributed by atoms with van der Waals surface area (Å²) in [6.45, 7) is 5.47. The Labute approximate surface area is 142 Å². The van der Waals surface area contributed by atoms with Crippen LogP contribution in [-0.4, -0.2) is 56.9 Å². The third kappa shape index (κ3) is 3.65. The van der Waals surface area contributed by atoms with E-state index >= 15 is 0 Å². The van der Waals surface area contributed by atoms with Gasteiger partial charge in [0, 0.05) is 25.5 Å². The number of carbonyl (C=O) groups is 1. The zero-order valence-electron chi connectivity index (χ0n) is 14.3. The number of fused-ring (bicyclic) bond motifs is 1. The molecule has 24 heavy (non-hydrogen) atoms. The highest BCUT2D eigenvalue weighted by molar-refractivity contribution is 5.86. The van der Waals surface area contributed by atoms with Crippen LogP contribution in [0.4, 0.5) is 0 Å². The van der Waals surface area contributed by atoms with E-state index in [1.165, 1.54) is 6.42 Å². The average molecular weight is 342 g/mol. The number of esters is 1. The smallest absolute Gasteiger partial charge is 0.333 e. The third-order valence-corrected chi connectivity index (χ3v) is 4.62. The molecule has 4 atom stereocenters. The van der Waals surface area contributed by atoms with E-state index in [0.717, 1.165) is 25.7 Å². The van der Waals surface area contributed by atoms with Crippen LogP contribution < -0.4 is 0 Å². The largest absolute Gasteiger partial charge is 0.460 e. The van der Waals surface area contributed by atoms with Gasteiger partial charge in [-0.3, -0.25) is 0 Å². The van der Waals surface area contributed by atoms with Crippen LogP contribution in [0.25, 0.3) is 0 Å². The average Bonchev–Trinajstić information content (AvgIpc) is 3.07. The maximum atomic E-state index is 11.3. The van der Waals surface area contributed by atoms with Crippen molar-refractivity contribution in [3.8, 4) is 0 Å². The molecule has 3 aliphatic rings. The van der Waals surface area contributed by atoms with Crippen molar-refractivity contribution in [2.45, 2.75) is 69.6 Å². The van der Waals surface area contributed by atoms with Crippen LogP contribution in [0.5, 0.6) is 0 Å². The van der Waals surface area contributed by atoms with Gasteiger partial charge in [0.2, 0.25) is 0 Å². The van der Waals surface area contributed by atoms with Crippen molar-refractivity contribution in [1.82, 2.24) is 0 Å². The highest BCUT2D eigenvalue weighted by atomic mass is 16.8. The molecule has 0 radical (unpaired) electrons. The number of methoxy groups -OCH3 is 1. The van der Waals surface area contributed by atoms with Gasteiger partial charge >= 0.3 is 5.97 Å². The first-order chi connectivity index (χ1) is 11.5. The summed E-state index contributed by atoms with van der Waals surface area (Å²) in [5, 5.41) is 0. The Bertz CT molecular complexity index is 472. The van der Waals surface area contributed by atoms with Gasteiger partial charge in [0.15, 0.2) is 18.4 Å². The van der Waals surface area contributed by atoms with Crippen molar-refractivity contribution in [3.63, 3.8) is 0 Å². The topological polar surface area (TPSA) is 72.5 Å². The molecule has 1 aliphatic carbocycles. The number of hydrogen-bond acceptors (Lipinski definition) is 7. The van der Waals surface area contributed by atoms with E-state index in [0.29, 0.717) is 5.57 Å². The van der Waals surface area contributed by atoms with Gasteiger partial charge < -0.3 is 28.4 Å². The van der Waals surface area contributed by atoms with Crippen LogP contribution >= 0.6 is 0 Å². The van der Waals surface area contributed by atoms with Crippen LogP contribution in [0.3, 0.4) is 0 Å². The van der Waals surface area contributed by atoms with E-state index < -0.39 is 24.3 Å². The molecule has 4 unspecified atom stereocenters. The Hall–Kier alpha value is -0.990. The van der Waals surface area contributed by atoms with Gasteiger partial charge in [-0.1, -0.05) is 13.0 Å². The van der Waals surface area contributed by atoms with Crippen molar-refractivity contribution < 1.29 is 33.2 Å². The summed E-state index contributed by atoms with van der Waals surface area (Å²) < 4.78 is 34.2. The Balaban J connectivity index is 1.53. The lowest BCUT2D eigenvalue weighted by molar-refractivity contribution is -0.286. The van der Waals surface area contributed by atoms with Crippen molar-refractivity contribution >= 4 is 5.97 Å². The van der Waals surface area contributed by atoms with Crippen molar-refractivity contribution in [1.29, 1.82) is 0 Å². The molecule has 136 valence electrons. The number of hydrogen-bond donors (Lipinski definition) is 0. The molecule has 7 nitrogen and oxygen atoms in total. The molecule has 7 heteroatoms. The maximum Gasteiger partial charge on any atom is 0.333 e. The van der Waals surface area contributed by atoms with Gasteiger partial charge in [-0.05, 0) is 19.8 Å². The molecular weight excluding hydrogens is 316 g/mol. The minimum atomic E-state index is -0.593. The van der Waals surface area contributed by atoms with Crippen LogP contribution in [0.15, 0.2) is 12.2 Å². The zero-order chi connectivity index (χ0) is 17.2. The Morgan fingerprint density at radius 1 is 1.12 bits per heavy atom. The SMILES string of the molecule is C=C(C)C(=O)OCCOC1OC(OC)C2OC3(CCCCC3)OC12. The van der Waals surface area contributed by atoms with Crippen LogP contribution in [-0.2, 0) is 33.2 Å². The van der Waals surface area contributed by atoms with E-state index in [1.807, 2.05) is 0 Å². The standard InChI is InChI=1S/C17H26O7/c1-11(2)14(18)20-9-10-21-16-13-12(15(19-3)22-16)23-17(24-13)7-5-4-6-8-17/h12-13,15-16H,1,4-10H2,2-3H3. The molecule has 2 saturated heterocycles. The predicted molar refractivity (Wildman–Crippen MR) is 83.0 cm³/mol. The second-order valence-corrected chi connectivity index (χ2v) is 6.53. The van der Waals surface area contributed by atoms with Crippen LogP contribution in [0.1, 0.15) is 39.0 Å². The van der Waals surface area contributed by atoms with E-state index in [4.69, 9.17) is 28.4 Å². The van der Waals surface area contributed by atoms with Crippen molar-refractivity contribution in [2.24, 2.45) is 0 Å². The van der Waals surface area contributed by atoms with Gasteiger partial charge in [-0.2, -0.15) is 0 Å². The first-order valence-electron chi connectivity index (χ1n) is 8.53. The van der Waals surface area contributed by atoms with Crippen LogP contribution in [0.2, 0.25) is 0 Å². The summed E-state index contributed by atoms with van der Waals surface area (Å²) in [4.78, 5) is 11.3. The summed E-state index contributed by atoms with van der Waals surface area (Å²) in [7, 11) is 1.58. The molecule has 3 rings (SSSR count).